The molecule has 0 bridgehead atoms. The van der Waals surface area contributed by atoms with E-state index in [1.807, 2.05) is 54.6 Å². The Hall–Kier alpha value is -7.68. The minimum absolute atomic E-state index is 0.0331. The van der Waals surface area contributed by atoms with Gasteiger partial charge in [0.1, 0.15) is 87.8 Å². The van der Waals surface area contributed by atoms with Crippen LogP contribution in [0.15, 0.2) is 115 Å². The van der Waals surface area contributed by atoms with Crippen LogP contribution in [-0.2, 0) is 0 Å². The van der Waals surface area contributed by atoms with Gasteiger partial charge in [0.2, 0.25) is 5.78 Å². The Labute approximate surface area is 403 Å². The first kappa shape index (κ1) is 54.1. The lowest BCUT2D eigenvalue weighted by atomic mass is 9.12. The molecule has 0 fully saturated rings. The molecule has 0 saturated heterocycles. The maximum absolute atomic E-state index is 15.4. The first-order valence-corrected chi connectivity index (χ1v) is 22.5. The second-order valence-electron chi connectivity index (χ2n) is 15.7. The molecule has 0 atom stereocenters. The van der Waals surface area contributed by atoms with E-state index in [-0.39, 0.29) is 11.5 Å². The number of hydrogen-bond acceptors (Lipinski definition) is 2. The van der Waals surface area contributed by atoms with Crippen LogP contribution in [0.3, 0.4) is 0 Å². The molecule has 382 valence electrons. The molecule has 8 rings (SSSR count). The van der Waals surface area contributed by atoms with E-state index in [0.717, 1.165) is 0 Å². The third kappa shape index (κ3) is 8.59. The molecule has 0 aliphatic carbocycles. The van der Waals surface area contributed by atoms with Gasteiger partial charge in [-0.15, -0.1) is 21.9 Å². The molecule has 0 amide bonds. The van der Waals surface area contributed by atoms with E-state index in [2.05, 4.69) is 36.4 Å². The van der Waals surface area contributed by atoms with Gasteiger partial charge in [-0.3, -0.25) is 4.79 Å². The summed E-state index contributed by atoms with van der Waals surface area (Å²) in [5, 5.41) is 13.4. The van der Waals surface area contributed by atoms with Gasteiger partial charge in [0.15, 0.2) is 69.8 Å². The van der Waals surface area contributed by atoms with E-state index < -0.39 is 152 Å². The molecule has 1 N–H and O–H groups in total. The normalized spacial score (nSPS) is 11.7. The summed E-state index contributed by atoms with van der Waals surface area (Å²) in [4.78, 5) is 13.4. The van der Waals surface area contributed by atoms with Crippen molar-refractivity contribution in [3.8, 4) is 5.75 Å². The third-order valence-electron chi connectivity index (χ3n) is 11.8. The molecule has 0 aromatic heterocycles. The number of ketones is 1. The zero-order chi connectivity index (χ0) is 54.5. The van der Waals surface area contributed by atoms with Crippen molar-refractivity contribution in [3.63, 3.8) is 0 Å². The zero-order valence-corrected chi connectivity index (χ0v) is 37.0. The number of hydrogen-bond donors (Lipinski definition) is 1. The molecule has 0 aliphatic heterocycles. The lowest BCUT2D eigenvalue weighted by Crippen LogP contribution is -2.81. The van der Waals surface area contributed by atoms with Crippen molar-refractivity contribution < 1.29 is 97.7 Å². The predicted molar refractivity (Wildman–Crippen MR) is 232 cm³/mol. The SMILES string of the molecule is Fc1c(F)c(F)c([B-](c2c(F)c(F)c(F)c(F)c2F)(c2c(F)c(F)c(F)c(F)c2F)c2c(F)c(F)c(F)c(F)c2F)c(F)c1F.O=C(C[P+](c1ccccc1)(c1ccccc1)c1ccccc1)c1cccc(O)c1. The first-order valence-electron chi connectivity index (χ1n) is 20.5. The molecule has 24 heteroatoms. The van der Waals surface area contributed by atoms with E-state index in [1.54, 1.807) is 24.3 Å². The van der Waals surface area contributed by atoms with Gasteiger partial charge >= 0.3 is 0 Å². The van der Waals surface area contributed by atoms with Crippen molar-refractivity contribution >= 4 is 57.0 Å². The minimum Gasteiger partial charge on any atom is -0.508 e. The van der Waals surface area contributed by atoms with Gasteiger partial charge < -0.3 is 5.11 Å². The Morgan fingerprint density at radius 1 is 0.324 bits per heavy atom. The maximum Gasteiger partial charge on any atom is 0.201 e. The number of rotatable bonds is 10. The Morgan fingerprint density at radius 2 is 0.554 bits per heavy atom. The molecule has 8 aromatic carbocycles. The zero-order valence-electron chi connectivity index (χ0n) is 36.1. The average molecular weight is 1080 g/mol. The van der Waals surface area contributed by atoms with Gasteiger partial charge in [0.25, 0.3) is 0 Å². The van der Waals surface area contributed by atoms with Crippen LogP contribution < -0.4 is 37.8 Å². The van der Waals surface area contributed by atoms with E-state index >= 15 is 35.1 Å². The van der Waals surface area contributed by atoms with E-state index in [0.29, 0.717) is 11.7 Å². The van der Waals surface area contributed by atoms with Crippen molar-refractivity contribution in [3.05, 3.63) is 237 Å². The highest BCUT2D eigenvalue weighted by Gasteiger charge is 2.53. The molecule has 0 aliphatic rings. The van der Waals surface area contributed by atoms with Crippen LogP contribution in [0.25, 0.3) is 0 Å². The largest absolute Gasteiger partial charge is 0.508 e. The molecule has 0 spiro atoms. The van der Waals surface area contributed by atoms with E-state index in [1.165, 1.54) is 15.9 Å². The second kappa shape index (κ2) is 20.7. The number of Topliss-reactive ketones (excluding diaryl/α,β-unsaturated/α-hetero) is 1. The van der Waals surface area contributed by atoms with Crippen molar-refractivity contribution in [2.45, 2.75) is 0 Å². The Kier molecular flexibility index (Phi) is 15.1. The van der Waals surface area contributed by atoms with E-state index in [9.17, 15) is 62.6 Å². The molecular formula is C50H22BF20O2P. The summed E-state index contributed by atoms with van der Waals surface area (Å²) < 4.78 is 294. The van der Waals surface area contributed by atoms with Crippen LogP contribution >= 0.6 is 7.26 Å². The van der Waals surface area contributed by atoms with Gasteiger partial charge in [-0.25, -0.2) is 87.8 Å². The highest BCUT2D eigenvalue weighted by molar-refractivity contribution is 7.96. The molecule has 74 heavy (non-hydrogen) atoms. The summed E-state index contributed by atoms with van der Waals surface area (Å²) in [6.45, 7) is 0. The summed E-state index contributed by atoms with van der Waals surface area (Å²) in [6, 6.07) is 37.6. The highest BCUT2D eigenvalue weighted by atomic mass is 31.2. The number of benzene rings is 8. The van der Waals surface area contributed by atoms with Crippen molar-refractivity contribution in [2.24, 2.45) is 0 Å². The number of aromatic hydroxyl groups is 1. The Morgan fingerprint density at radius 3 is 0.784 bits per heavy atom. The van der Waals surface area contributed by atoms with Crippen LogP contribution in [0, 0.1) is 116 Å². The van der Waals surface area contributed by atoms with Crippen LogP contribution in [0.2, 0.25) is 0 Å². The molecule has 0 saturated carbocycles. The average Bonchev–Trinajstić information content (AvgIpc) is 3.41. The van der Waals surface area contributed by atoms with Crippen molar-refractivity contribution in [1.82, 2.24) is 0 Å². The summed E-state index contributed by atoms with van der Waals surface area (Å²) in [7, 11) is -2.22. The predicted octanol–water partition coefficient (Wildman–Crippen LogP) is 10.4. The smallest absolute Gasteiger partial charge is 0.201 e. The molecule has 0 radical (unpaired) electrons. The molecule has 0 unspecified atom stereocenters. The fourth-order valence-corrected chi connectivity index (χ4v) is 12.7. The fourth-order valence-electron chi connectivity index (χ4n) is 8.63. The van der Waals surface area contributed by atoms with Gasteiger partial charge in [-0.05, 0) is 48.5 Å². The maximum atomic E-state index is 15.4. The lowest BCUT2D eigenvalue weighted by Gasteiger charge is -2.44. The summed E-state index contributed by atoms with van der Waals surface area (Å²) >= 11 is 0. The first-order chi connectivity index (χ1) is 34.9. The minimum atomic E-state index is -7.22. The quantitative estimate of drug-likeness (QED) is 0.0370. The van der Waals surface area contributed by atoms with Gasteiger partial charge in [-0.1, -0.05) is 66.7 Å². The molecule has 0 heterocycles. The number of halogens is 20. The topological polar surface area (TPSA) is 37.3 Å². The summed E-state index contributed by atoms with van der Waals surface area (Å²) in [5.74, 6) is -71.3. The number of carbonyl (C=O) groups excluding carboxylic acids is 1. The van der Waals surface area contributed by atoms with Gasteiger partial charge in [0, 0.05) is 5.56 Å². The number of phenolic OH excluding ortho intramolecular Hbond substituents is 1. The van der Waals surface area contributed by atoms with Crippen molar-refractivity contribution in [2.75, 3.05) is 6.16 Å². The molecule has 2 nitrogen and oxygen atoms in total. The Bertz CT molecular complexity index is 3040. The van der Waals surface area contributed by atoms with Gasteiger partial charge in [0.05, 0.1) is 0 Å². The van der Waals surface area contributed by atoms with Gasteiger partial charge in [-0.2, -0.15) is 0 Å². The third-order valence-corrected chi connectivity index (χ3v) is 16.1. The number of carbonyl (C=O) groups is 1. The van der Waals surface area contributed by atoms with Crippen LogP contribution in [-0.4, -0.2) is 23.2 Å². The highest BCUT2D eigenvalue weighted by Crippen LogP contribution is 2.55. The monoisotopic (exact) mass is 1080 g/mol. The van der Waals surface area contributed by atoms with E-state index in [4.69, 9.17) is 0 Å². The van der Waals surface area contributed by atoms with Crippen LogP contribution in [0.5, 0.6) is 5.75 Å². The van der Waals surface area contributed by atoms with Crippen LogP contribution in [0.4, 0.5) is 87.8 Å². The van der Waals surface area contributed by atoms with Crippen LogP contribution in [0.1, 0.15) is 10.4 Å². The molecular weight excluding hydrogens is 1050 g/mol. The molecule has 8 aromatic rings. The fraction of sp³-hybridized carbons (Fsp3) is 0.0200. The summed E-state index contributed by atoms with van der Waals surface area (Å²) in [5.41, 5.74) is -13.8. The lowest BCUT2D eigenvalue weighted by molar-refractivity contribution is 0.102. The standard InChI is InChI=1S/C26H21O2P.C24BF20/c27-22-12-10-11-21(19-22)26(28)20-29(23-13-4-1-5-14-23,24-15-6-2-7-16-24)25-17-8-3-9-18-25;26-5-1(6(27)14(35)21(42)13(5)34)25(2-7(28)15(36)22(43)16(37)8(2)29,3-9(30)17(38)23(44)18(39)10(3)31)4-11(32)19(40)24(45)20(41)12(4)33/h1-19H,20H2;/q;-1/p+1. The number of phenols is 1. The summed E-state index contributed by atoms with van der Waals surface area (Å²) in [6.07, 6.45) is -6.85. The Balaban J connectivity index is 0.000000237. The second-order valence-corrected chi connectivity index (χ2v) is 19.2. The van der Waals surface area contributed by atoms with Crippen molar-refractivity contribution in [1.29, 1.82) is 0 Å².